The van der Waals surface area contributed by atoms with Crippen molar-refractivity contribution in [3.05, 3.63) is 54.1 Å². The summed E-state index contributed by atoms with van der Waals surface area (Å²) in [6.45, 7) is 1.55. The summed E-state index contributed by atoms with van der Waals surface area (Å²) in [4.78, 5) is 19.0. The van der Waals surface area contributed by atoms with Crippen LogP contribution < -0.4 is 14.7 Å². The van der Waals surface area contributed by atoms with Crippen LogP contribution in [0.1, 0.15) is 10.4 Å². The largest absolute Gasteiger partial charge is 0.378 e. The third-order valence-corrected chi connectivity index (χ3v) is 4.10. The van der Waals surface area contributed by atoms with Crippen LogP contribution in [0.4, 0.5) is 17.1 Å². The van der Waals surface area contributed by atoms with Crippen LogP contribution in [0.15, 0.2) is 48.5 Å². The summed E-state index contributed by atoms with van der Waals surface area (Å²) >= 11 is 0. The molecule has 1 aliphatic heterocycles. The molecule has 22 heavy (non-hydrogen) atoms. The van der Waals surface area contributed by atoms with Crippen LogP contribution >= 0.6 is 0 Å². The highest BCUT2D eigenvalue weighted by Gasteiger charge is 2.25. The second kappa shape index (κ2) is 5.72. The molecule has 4 heteroatoms. The maximum Gasteiger partial charge on any atom is 0.258 e. The van der Waals surface area contributed by atoms with Crippen LogP contribution in [-0.4, -0.2) is 40.1 Å². The van der Waals surface area contributed by atoms with Gasteiger partial charge in [-0.15, -0.1) is 0 Å². The minimum absolute atomic E-state index is 0.0595. The van der Waals surface area contributed by atoms with Crippen LogP contribution in [0, 0.1) is 0 Å². The molecule has 1 amide bonds. The van der Waals surface area contributed by atoms with E-state index in [0.29, 0.717) is 6.54 Å². The van der Waals surface area contributed by atoms with Gasteiger partial charge in [-0.3, -0.25) is 4.79 Å². The van der Waals surface area contributed by atoms with Crippen molar-refractivity contribution in [2.24, 2.45) is 0 Å². The number of anilines is 3. The second-order valence-corrected chi connectivity index (χ2v) is 5.81. The minimum Gasteiger partial charge on any atom is -0.378 e. The molecule has 0 aliphatic carbocycles. The molecule has 2 aromatic carbocycles. The van der Waals surface area contributed by atoms with Crippen molar-refractivity contribution < 1.29 is 4.79 Å². The molecule has 114 valence electrons. The summed E-state index contributed by atoms with van der Waals surface area (Å²) in [5.41, 5.74) is 3.85. The molecule has 0 aromatic heterocycles. The van der Waals surface area contributed by atoms with Gasteiger partial charge in [-0.05, 0) is 30.3 Å². The predicted molar refractivity (Wildman–Crippen MR) is 92.2 cm³/mol. The van der Waals surface area contributed by atoms with Crippen LogP contribution in [0.25, 0.3) is 0 Å². The van der Waals surface area contributed by atoms with Crippen molar-refractivity contribution in [3.63, 3.8) is 0 Å². The van der Waals surface area contributed by atoms with Crippen LogP contribution in [0.5, 0.6) is 0 Å². The number of benzene rings is 2. The van der Waals surface area contributed by atoms with E-state index in [1.165, 1.54) is 0 Å². The fourth-order valence-electron chi connectivity index (χ4n) is 2.79. The van der Waals surface area contributed by atoms with Crippen molar-refractivity contribution in [2.45, 2.75) is 0 Å². The standard InChI is InChI=1S/C18H21N3O/c1-19(2)15-8-6-7-14(13-15)18(22)21-12-11-20(3)16-9-4-5-10-17(16)21/h4-10,13H,11-12H2,1-3H3. The molecule has 0 radical (unpaired) electrons. The molecule has 3 rings (SSSR count). The molecule has 0 bridgehead atoms. The number of hydrogen-bond donors (Lipinski definition) is 0. The Morgan fingerprint density at radius 2 is 1.73 bits per heavy atom. The predicted octanol–water partition coefficient (Wildman–Crippen LogP) is 2.85. The van der Waals surface area contributed by atoms with E-state index in [1.54, 1.807) is 0 Å². The van der Waals surface area contributed by atoms with E-state index < -0.39 is 0 Å². The van der Waals surface area contributed by atoms with E-state index >= 15 is 0 Å². The van der Waals surface area contributed by atoms with E-state index in [9.17, 15) is 4.79 Å². The number of fused-ring (bicyclic) bond motifs is 1. The zero-order valence-corrected chi connectivity index (χ0v) is 13.3. The smallest absolute Gasteiger partial charge is 0.258 e. The number of rotatable bonds is 2. The van der Waals surface area contributed by atoms with E-state index in [0.717, 1.165) is 29.2 Å². The van der Waals surface area contributed by atoms with Gasteiger partial charge in [-0.1, -0.05) is 18.2 Å². The van der Waals surface area contributed by atoms with Crippen molar-refractivity contribution in [1.29, 1.82) is 0 Å². The van der Waals surface area contributed by atoms with Gasteiger partial charge in [0.2, 0.25) is 0 Å². The molecule has 0 saturated carbocycles. The Morgan fingerprint density at radius 1 is 1.00 bits per heavy atom. The molecule has 0 saturated heterocycles. The molecule has 0 atom stereocenters. The fraction of sp³-hybridized carbons (Fsp3) is 0.278. The van der Waals surface area contributed by atoms with Gasteiger partial charge in [0, 0.05) is 45.5 Å². The molecule has 1 aliphatic rings. The summed E-state index contributed by atoms with van der Waals surface area (Å²) in [6.07, 6.45) is 0. The number of carbonyl (C=O) groups excluding carboxylic acids is 1. The van der Waals surface area contributed by atoms with Gasteiger partial charge in [0.05, 0.1) is 11.4 Å². The van der Waals surface area contributed by atoms with Gasteiger partial charge in [0.25, 0.3) is 5.91 Å². The average molecular weight is 295 g/mol. The van der Waals surface area contributed by atoms with Gasteiger partial charge in [-0.25, -0.2) is 0 Å². The lowest BCUT2D eigenvalue weighted by Crippen LogP contribution is -2.42. The van der Waals surface area contributed by atoms with Gasteiger partial charge >= 0.3 is 0 Å². The zero-order valence-electron chi connectivity index (χ0n) is 13.3. The van der Waals surface area contributed by atoms with Crippen LogP contribution in [-0.2, 0) is 0 Å². The highest BCUT2D eigenvalue weighted by Crippen LogP contribution is 2.32. The monoisotopic (exact) mass is 295 g/mol. The van der Waals surface area contributed by atoms with Crippen molar-refractivity contribution in [1.82, 2.24) is 0 Å². The lowest BCUT2D eigenvalue weighted by Gasteiger charge is -2.35. The fourth-order valence-corrected chi connectivity index (χ4v) is 2.79. The molecule has 4 nitrogen and oxygen atoms in total. The minimum atomic E-state index is 0.0595. The molecule has 0 unspecified atom stereocenters. The summed E-state index contributed by atoms with van der Waals surface area (Å²) < 4.78 is 0. The van der Waals surface area contributed by atoms with Gasteiger partial charge in [0.15, 0.2) is 0 Å². The normalized spacial score (nSPS) is 13.8. The Morgan fingerprint density at radius 3 is 2.45 bits per heavy atom. The zero-order chi connectivity index (χ0) is 15.7. The Balaban J connectivity index is 1.96. The molecule has 0 N–H and O–H groups in total. The number of hydrogen-bond acceptors (Lipinski definition) is 3. The lowest BCUT2D eigenvalue weighted by atomic mass is 10.1. The molecule has 0 fully saturated rings. The maximum absolute atomic E-state index is 12.9. The summed E-state index contributed by atoms with van der Waals surface area (Å²) in [5, 5.41) is 0. The van der Waals surface area contributed by atoms with Crippen LogP contribution in [0.2, 0.25) is 0 Å². The third-order valence-electron chi connectivity index (χ3n) is 4.10. The summed E-state index contributed by atoms with van der Waals surface area (Å²) in [6, 6.07) is 15.8. The quantitative estimate of drug-likeness (QED) is 0.852. The van der Waals surface area contributed by atoms with Gasteiger partial charge in [0.1, 0.15) is 0 Å². The SMILES string of the molecule is CN(C)c1cccc(C(=O)N2CCN(C)c3ccccc32)c1. The Hall–Kier alpha value is -2.49. The highest BCUT2D eigenvalue weighted by molar-refractivity contribution is 6.08. The number of likely N-dealkylation sites (N-methyl/N-ethyl adjacent to an activating group) is 1. The van der Waals surface area contributed by atoms with Crippen molar-refractivity contribution in [2.75, 3.05) is 48.9 Å². The van der Waals surface area contributed by atoms with Gasteiger partial charge in [-0.2, -0.15) is 0 Å². The number of amides is 1. The second-order valence-electron chi connectivity index (χ2n) is 5.81. The first kappa shape index (κ1) is 14.4. The van der Waals surface area contributed by atoms with Crippen LogP contribution in [0.3, 0.4) is 0 Å². The van der Waals surface area contributed by atoms with E-state index in [1.807, 2.05) is 66.4 Å². The first-order chi connectivity index (χ1) is 10.6. The third kappa shape index (κ3) is 2.52. The first-order valence-electron chi connectivity index (χ1n) is 7.47. The Labute approximate surface area is 131 Å². The highest BCUT2D eigenvalue weighted by atomic mass is 16.2. The number of nitrogens with zero attached hydrogens (tertiary/aromatic N) is 3. The Bertz CT molecular complexity index is 696. The maximum atomic E-state index is 12.9. The van der Waals surface area contributed by atoms with Gasteiger partial charge < -0.3 is 14.7 Å². The summed E-state index contributed by atoms with van der Waals surface area (Å²) in [7, 11) is 6.02. The number of para-hydroxylation sites is 2. The average Bonchev–Trinajstić information content (AvgIpc) is 2.55. The van der Waals surface area contributed by atoms with E-state index in [-0.39, 0.29) is 5.91 Å². The van der Waals surface area contributed by atoms with Crippen molar-refractivity contribution in [3.8, 4) is 0 Å². The Kier molecular flexibility index (Phi) is 3.75. The van der Waals surface area contributed by atoms with E-state index in [4.69, 9.17) is 0 Å². The molecule has 1 heterocycles. The topological polar surface area (TPSA) is 26.8 Å². The lowest BCUT2D eigenvalue weighted by molar-refractivity contribution is 0.0987. The molecule has 2 aromatic rings. The number of carbonyl (C=O) groups is 1. The molecule has 0 spiro atoms. The van der Waals surface area contributed by atoms with Crippen molar-refractivity contribution >= 4 is 23.0 Å². The summed E-state index contributed by atoms with van der Waals surface area (Å²) in [5.74, 6) is 0.0595. The van der Waals surface area contributed by atoms with E-state index in [2.05, 4.69) is 18.0 Å². The first-order valence-corrected chi connectivity index (χ1v) is 7.47. The molecular weight excluding hydrogens is 274 g/mol. The molecular formula is C18H21N3O.